The van der Waals surface area contributed by atoms with E-state index in [9.17, 15) is 4.79 Å². The van der Waals surface area contributed by atoms with Crippen molar-refractivity contribution in [2.24, 2.45) is 0 Å². The number of rotatable bonds is 3. The van der Waals surface area contributed by atoms with Crippen molar-refractivity contribution in [1.82, 2.24) is 9.97 Å². The van der Waals surface area contributed by atoms with Crippen LogP contribution in [0.5, 0.6) is 0 Å². The van der Waals surface area contributed by atoms with E-state index in [1.165, 1.54) is 6.92 Å². The van der Waals surface area contributed by atoms with Gasteiger partial charge in [0.1, 0.15) is 11.6 Å². The summed E-state index contributed by atoms with van der Waals surface area (Å²) in [6, 6.07) is 9.21. The highest BCUT2D eigenvalue weighted by Crippen LogP contribution is 2.19. The number of hydrogen-bond acceptors (Lipinski definition) is 3. The van der Waals surface area contributed by atoms with E-state index >= 15 is 0 Å². The first kappa shape index (κ1) is 11.7. The van der Waals surface area contributed by atoms with E-state index in [-0.39, 0.29) is 12.2 Å². The summed E-state index contributed by atoms with van der Waals surface area (Å²) in [4.78, 5) is 19.4. The Labute approximate surface area is 104 Å². The summed E-state index contributed by atoms with van der Waals surface area (Å²) in [7, 11) is 0. The molecule has 0 unspecified atom stereocenters. The predicted molar refractivity (Wildman–Crippen MR) is 66.9 cm³/mol. The van der Waals surface area contributed by atoms with Crippen LogP contribution in [0.2, 0.25) is 5.02 Å². The highest BCUT2D eigenvalue weighted by atomic mass is 35.5. The molecule has 2 rings (SSSR count). The van der Waals surface area contributed by atoms with Gasteiger partial charge in [0, 0.05) is 16.8 Å². The SMILES string of the molecule is CC(=O)Cc1nccc(-c2ccc(Cl)cc2)n1. The van der Waals surface area contributed by atoms with Gasteiger partial charge in [0.05, 0.1) is 12.1 Å². The molecular weight excluding hydrogens is 236 g/mol. The van der Waals surface area contributed by atoms with Crippen molar-refractivity contribution in [3.8, 4) is 11.3 Å². The van der Waals surface area contributed by atoms with Crippen molar-refractivity contribution >= 4 is 17.4 Å². The largest absolute Gasteiger partial charge is 0.300 e. The molecule has 0 saturated carbocycles. The third-order valence-electron chi connectivity index (χ3n) is 2.25. The molecule has 1 aromatic heterocycles. The zero-order valence-electron chi connectivity index (χ0n) is 9.35. The molecule has 0 N–H and O–H groups in total. The van der Waals surface area contributed by atoms with Crippen molar-refractivity contribution in [1.29, 1.82) is 0 Å². The first-order valence-electron chi connectivity index (χ1n) is 5.22. The second-order valence-electron chi connectivity index (χ2n) is 3.74. The molecule has 2 aromatic rings. The summed E-state index contributed by atoms with van der Waals surface area (Å²) in [6.45, 7) is 1.53. The van der Waals surface area contributed by atoms with Crippen LogP contribution in [0, 0.1) is 0 Å². The second-order valence-corrected chi connectivity index (χ2v) is 4.18. The Kier molecular flexibility index (Phi) is 3.49. The van der Waals surface area contributed by atoms with Crippen molar-refractivity contribution < 1.29 is 4.79 Å². The number of nitrogens with zero attached hydrogens (tertiary/aromatic N) is 2. The second kappa shape index (κ2) is 5.06. The van der Waals surface area contributed by atoms with Gasteiger partial charge in [-0.2, -0.15) is 0 Å². The van der Waals surface area contributed by atoms with Crippen LogP contribution in [-0.2, 0) is 11.2 Å². The Balaban J connectivity index is 2.32. The fraction of sp³-hybridized carbons (Fsp3) is 0.154. The summed E-state index contributed by atoms with van der Waals surface area (Å²) in [5.41, 5.74) is 1.76. The Bertz CT molecular complexity index is 537. The maximum atomic E-state index is 11.0. The predicted octanol–water partition coefficient (Wildman–Crippen LogP) is 2.93. The maximum Gasteiger partial charge on any atom is 0.137 e. The highest BCUT2D eigenvalue weighted by molar-refractivity contribution is 6.30. The van der Waals surface area contributed by atoms with Crippen LogP contribution in [-0.4, -0.2) is 15.8 Å². The molecule has 3 nitrogen and oxygen atoms in total. The van der Waals surface area contributed by atoms with Gasteiger partial charge in [0.25, 0.3) is 0 Å². The number of hydrogen-bond donors (Lipinski definition) is 0. The highest BCUT2D eigenvalue weighted by Gasteiger charge is 2.04. The van der Waals surface area contributed by atoms with E-state index in [1.807, 2.05) is 30.3 Å². The Morgan fingerprint density at radius 3 is 2.59 bits per heavy atom. The number of halogens is 1. The topological polar surface area (TPSA) is 42.9 Å². The minimum absolute atomic E-state index is 0.0539. The number of carbonyl (C=O) groups is 1. The van der Waals surface area contributed by atoms with Gasteiger partial charge in [-0.05, 0) is 25.1 Å². The summed E-state index contributed by atoms with van der Waals surface area (Å²) < 4.78 is 0. The Morgan fingerprint density at radius 2 is 1.94 bits per heavy atom. The molecular formula is C13H11ClN2O. The molecule has 0 fully saturated rings. The lowest BCUT2D eigenvalue weighted by atomic mass is 10.1. The molecule has 0 aliphatic heterocycles. The molecule has 1 aromatic carbocycles. The molecule has 0 saturated heterocycles. The zero-order valence-corrected chi connectivity index (χ0v) is 10.1. The molecule has 1 heterocycles. The summed E-state index contributed by atoms with van der Waals surface area (Å²) in [5, 5.41) is 0.687. The van der Waals surface area contributed by atoms with Crippen LogP contribution < -0.4 is 0 Å². The molecule has 17 heavy (non-hydrogen) atoms. The number of aromatic nitrogens is 2. The average molecular weight is 247 g/mol. The minimum Gasteiger partial charge on any atom is -0.300 e. The van der Waals surface area contributed by atoms with Crippen LogP contribution in [0.25, 0.3) is 11.3 Å². The van der Waals surface area contributed by atoms with Gasteiger partial charge in [-0.3, -0.25) is 4.79 Å². The lowest BCUT2D eigenvalue weighted by molar-refractivity contribution is -0.116. The van der Waals surface area contributed by atoms with E-state index < -0.39 is 0 Å². The monoisotopic (exact) mass is 246 g/mol. The maximum absolute atomic E-state index is 11.0. The quantitative estimate of drug-likeness (QED) is 0.836. The van der Waals surface area contributed by atoms with Crippen LogP contribution in [0.3, 0.4) is 0 Å². The van der Waals surface area contributed by atoms with E-state index in [0.29, 0.717) is 10.8 Å². The van der Waals surface area contributed by atoms with Crippen molar-refractivity contribution in [2.45, 2.75) is 13.3 Å². The number of benzene rings is 1. The van der Waals surface area contributed by atoms with Gasteiger partial charge in [-0.25, -0.2) is 9.97 Å². The van der Waals surface area contributed by atoms with Gasteiger partial charge in [0.2, 0.25) is 0 Å². The van der Waals surface area contributed by atoms with Gasteiger partial charge in [0.15, 0.2) is 0 Å². The number of carbonyl (C=O) groups excluding carboxylic acids is 1. The molecule has 0 radical (unpaired) electrons. The summed E-state index contributed by atoms with van der Waals surface area (Å²) in [6.07, 6.45) is 1.93. The van der Waals surface area contributed by atoms with Gasteiger partial charge < -0.3 is 0 Å². The fourth-order valence-electron chi connectivity index (χ4n) is 1.49. The van der Waals surface area contributed by atoms with Crippen LogP contribution >= 0.6 is 11.6 Å². The van der Waals surface area contributed by atoms with E-state index in [2.05, 4.69) is 9.97 Å². The first-order chi connectivity index (χ1) is 8.15. The molecule has 4 heteroatoms. The molecule has 0 atom stereocenters. The number of ketones is 1. The van der Waals surface area contributed by atoms with E-state index in [1.54, 1.807) is 6.20 Å². The van der Waals surface area contributed by atoms with Crippen LogP contribution in [0.1, 0.15) is 12.7 Å². The Hall–Kier alpha value is -1.74. The molecule has 0 aliphatic rings. The fourth-order valence-corrected chi connectivity index (χ4v) is 1.61. The molecule has 86 valence electrons. The average Bonchev–Trinajstić information content (AvgIpc) is 2.29. The molecule has 0 bridgehead atoms. The van der Waals surface area contributed by atoms with Crippen molar-refractivity contribution in [3.63, 3.8) is 0 Å². The van der Waals surface area contributed by atoms with Gasteiger partial charge >= 0.3 is 0 Å². The van der Waals surface area contributed by atoms with Crippen LogP contribution in [0.4, 0.5) is 0 Å². The van der Waals surface area contributed by atoms with E-state index in [0.717, 1.165) is 11.3 Å². The summed E-state index contributed by atoms with van der Waals surface area (Å²) >= 11 is 5.82. The molecule has 0 aliphatic carbocycles. The zero-order chi connectivity index (χ0) is 12.3. The number of Topliss-reactive ketones (excluding diaryl/α,β-unsaturated/α-hetero) is 1. The standard InChI is InChI=1S/C13H11ClN2O/c1-9(17)8-13-15-7-6-12(16-13)10-2-4-11(14)5-3-10/h2-7H,8H2,1H3. The molecule has 0 spiro atoms. The lowest BCUT2D eigenvalue weighted by Gasteiger charge is -2.02. The van der Waals surface area contributed by atoms with Crippen molar-refractivity contribution in [2.75, 3.05) is 0 Å². The lowest BCUT2D eigenvalue weighted by Crippen LogP contribution is -2.02. The third kappa shape index (κ3) is 3.11. The normalized spacial score (nSPS) is 10.2. The van der Waals surface area contributed by atoms with Crippen LogP contribution in [0.15, 0.2) is 36.5 Å². The summed E-state index contributed by atoms with van der Waals surface area (Å²) in [5.74, 6) is 0.600. The Morgan fingerprint density at radius 1 is 1.24 bits per heavy atom. The van der Waals surface area contributed by atoms with Crippen molar-refractivity contribution in [3.05, 3.63) is 47.4 Å². The third-order valence-corrected chi connectivity index (χ3v) is 2.50. The van der Waals surface area contributed by atoms with Gasteiger partial charge in [-0.1, -0.05) is 23.7 Å². The smallest absolute Gasteiger partial charge is 0.137 e. The molecule has 0 amide bonds. The van der Waals surface area contributed by atoms with E-state index in [4.69, 9.17) is 11.6 Å². The minimum atomic E-state index is 0.0539. The first-order valence-corrected chi connectivity index (χ1v) is 5.60. The van der Waals surface area contributed by atoms with Gasteiger partial charge in [-0.15, -0.1) is 0 Å².